The molecule has 0 spiro atoms. The summed E-state index contributed by atoms with van der Waals surface area (Å²) in [6, 6.07) is 6.20. The summed E-state index contributed by atoms with van der Waals surface area (Å²) in [5, 5.41) is 4.43. The molecule has 0 atom stereocenters. The van der Waals surface area contributed by atoms with Gasteiger partial charge in [0.25, 0.3) is 0 Å². The molecule has 2 nitrogen and oxygen atoms in total. The topological polar surface area (TPSA) is 15.3 Å². The van der Waals surface area contributed by atoms with E-state index in [0.717, 1.165) is 31.1 Å². The van der Waals surface area contributed by atoms with Gasteiger partial charge in [-0.3, -0.25) is 0 Å². The lowest BCUT2D eigenvalue weighted by molar-refractivity contribution is 0.346. The van der Waals surface area contributed by atoms with E-state index in [4.69, 9.17) is 11.6 Å². The Morgan fingerprint density at radius 2 is 2.06 bits per heavy atom. The van der Waals surface area contributed by atoms with Crippen molar-refractivity contribution in [2.75, 3.05) is 24.5 Å². The fourth-order valence-electron chi connectivity index (χ4n) is 2.53. The molecule has 100 valence electrons. The van der Waals surface area contributed by atoms with E-state index in [2.05, 4.69) is 43.1 Å². The molecule has 1 fully saturated rings. The van der Waals surface area contributed by atoms with Crippen LogP contribution in [-0.2, 0) is 0 Å². The van der Waals surface area contributed by atoms with Gasteiger partial charge in [0.1, 0.15) is 0 Å². The Hall–Kier alpha value is -0.730. The summed E-state index contributed by atoms with van der Waals surface area (Å²) in [5.74, 6) is 0. The molecule has 0 amide bonds. The fraction of sp³-hybridized carbons (Fsp3) is 0.600. The van der Waals surface area contributed by atoms with Gasteiger partial charge in [-0.2, -0.15) is 0 Å². The normalized spacial score (nSPS) is 20.3. The predicted octanol–water partition coefficient (Wildman–Crippen LogP) is 3.62. The van der Waals surface area contributed by atoms with Crippen molar-refractivity contribution in [3.05, 3.63) is 28.8 Å². The van der Waals surface area contributed by atoms with Gasteiger partial charge in [0.15, 0.2) is 0 Å². The maximum atomic E-state index is 6.03. The first kappa shape index (κ1) is 13.7. The number of nitrogens with one attached hydrogen (secondary N) is 1. The number of benzene rings is 1. The molecule has 18 heavy (non-hydrogen) atoms. The lowest BCUT2D eigenvalue weighted by atomic mass is 9.98. The Morgan fingerprint density at radius 1 is 1.28 bits per heavy atom. The van der Waals surface area contributed by atoms with Crippen molar-refractivity contribution in [1.82, 2.24) is 5.32 Å². The van der Waals surface area contributed by atoms with E-state index in [-0.39, 0.29) is 5.54 Å². The van der Waals surface area contributed by atoms with E-state index in [0.29, 0.717) is 0 Å². The molecule has 0 aromatic heterocycles. The first-order valence-electron chi connectivity index (χ1n) is 6.74. The summed E-state index contributed by atoms with van der Waals surface area (Å²) in [7, 11) is 0. The van der Waals surface area contributed by atoms with Crippen molar-refractivity contribution in [2.24, 2.45) is 0 Å². The Labute approximate surface area is 115 Å². The summed E-state index contributed by atoms with van der Waals surface area (Å²) in [4.78, 5) is 2.49. The Balaban J connectivity index is 2.15. The van der Waals surface area contributed by atoms with Crippen LogP contribution >= 0.6 is 11.6 Å². The lowest BCUT2D eigenvalue weighted by Gasteiger charge is -2.35. The van der Waals surface area contributed by atoms with Gasteiger partial charge in [0, 0.05) is 29.3 Å². The minimum absolute atomic E-state index is 0.235. The van der Waals surface area contributed by atoms with Crippen LogP contribution in [0.2, 0.25) is 5.02 Å². The zero-order valence-electron chi connectivity index (χ0n) is 11.6. The van der Waals surface area contributed by atoms with Gasteiger partial charge in [-0.1, -0.05) is 11.6 Å². The number of hydrogen-bond donors (Lipinski definition) is 1. The first-order valence-corrected chi connectivity index (χ1v) is 7.12. The molecule has 1 heterocycles. The second kappa shape index (κ2) is 5.50. The van der Waals surface area contributed by atoms with E-state index in [1.54, 1.807) is 0 Å². The Bertz CT molecular complexity index is 415. The number of hydrogen-bond acceptors (Lipinski definition) is 2. The number of halogens is 1. The van der Waals surface area contributed by atoms with Crippen LogP contribution < -0.4 is 10.2 Å². The van der Waals surface area contributed by atoms with Crippen LogP contribution in [0.25, 0.3) is 0 Å². The van der Waals surface area contributed by atoms with Crippen LogP contribution in [0.4, 0.5) is 5.69 Å². The molecule has 0 radical (unpaired) electrons. The van der Waals surface area contributed by atoms with Gasteiger partial charge in [-0.25, -0.2) is 0 Å². The second-order valence-corrected chi connectivity index (χ2v) is 6.27. The summed E-state index contributed by atoms with van der Waals surface area (Å²) < 4.78 is 0. The van der Waals surface area contributed by atoms with E-state index in [9.17, 15) is 0 Å². The fourth-order valence-corrected chi connectivity index (χ4v) is 2.75. The smallest absolute Gasteiger partial charge is 0.0410 e. The van der Waals surface area contributed by atoms with Crippen molar-refractivity contribution >= 4 is 17.3 Å². The number of nitrogens with zero attached hydrogens (tertiary/aromatic N) is 1. The minimum Gasteiger partial charge on any atom is -0.371 e. The van der Waals surface area contributed by atoms with Crippen molar-refractivity contribution in [3.8, 4) is 0 Å². The van der Waals surface area contributed by atoms with Crippen molar-refractivity contribution in [2.45, 2.75) is 39.2 Å². The van der Waals surface area contributed by atoms with E-state index >= 15 is 0 Å². The maximum absolute atomic E-state index is 6.03. The Morgan fingerprint density at radius 3 is 2.78 bits per heavy atom. The van der Waals surface area contributed by atoms with E-state index in [1.807, 2.05) is 6.07 Å². The zero-order valence-corrected chi connectivity index (χ0v) is 12.3. The highest BCUT2D eigenvalue weighted by atomic mass is 35.5. The van der Waals surface area contributed by atoms with Crippen LogP contribution in [0.15, 0.2) is 18.2 Å². The van der Waals surface area contributed by atoms with E-state index in [1.165, 1.54) is 17.7 Å². The average molecular weight is 267 g/mol. The van der Waals surface area contributed by atoms with Crippen molar-refractivity contribution in [3.63, 3.8) is 0 Å². The van der Waals surface area contributed by atoms with Crippen LogP contribution in [-0.4, -0.2) is 25.2 Å². The minimum atomic E-state index is 0.235. The molecule has 1 N–H and O–H groups in total. The highest BCUT2D eigenvalue weighted by Crippen LogP contribution is 2.25. The molecule has 0 saturated carbocycles. The van der Waals surface area contributed by atoms with E-state index < -0.39 is 0 Å². The molecule has 0 bridgehead atoms. The number of anilines is 1. The molecular weight excluding hydrogens is 244 g/mol. The molecule has 2 rings (SSSR count). The molecule has 1 aliphatic heterocycles. The highest BCUT2D eigenvalue weighted by molar-refractivity contribution is 6.30. The predicted molar refractivity (Wildman–Crippen MR) is 79.7 cm³/mol. The van der Waals surface area contributed by atoms with Gasteiger partial charge in [-0.15, -0.1) is 0 Å². The molecule has 0 unspecified atom stereocenters. The summed E-state index contributed by atoms with van der Waals surface area (Å²) >= 11 is 6.03. The van der Waals surface area contributed by atoms with Crippen LogP contribution in [0.3, 0.4) is 0 Å². The van der Waals surface area contributed by atoms with Gasteiger partial charge in [0.2, 0.25) is 0 Å². The highest BCUT2D eigenvalue weighted by Gasteiger charge is 2.21. The molecule has 1 aromatic rings. The molecule has 0 aliphatic carbocycles. The van der Waals surface area contributed by atoms with Gasteiger partial charge in [0.05, 0.1) is 0 Å². The third-order valence-electron chi connectivity index (χ3n) is 3.71. The monoisotopic (exact) mass is 266 g/mol. The second-order valence-electron chi connectivity index (χ2n) is 5.83. The third kappa shape index (κ3) is 3.39. The summed E-state index contributed by atoms with van der Waals surface area (Å²) in [6.45, 7) is 10.0. The Kier molecular flexibility index (Phi) is 4.18. The molecule has 1 aliphatic rings. The SMILES string of the molecule is Cc1cc(Cl)ccc1N1CCCNC(C)(C)CC1. The van der Waals surface area contributed by atoms with Crippen LogP contribution in [0, 0.1) is 6.92 Å². The van der Waals surface area contributed by atoms with Crippen LogP contribution in [0.5, 0.6) is 0 Å². The largest absolute Gasteiger partial charge is 0.371 e. The van der Waals surface area contributed by atoms with Crippen LogP contribution in [0.1, 0.15) is 32.3 Å². The summed E-state index contributed by atoms with van der Waals surface area (Å²) in [6.07, 6.45) is 2.35. The molecular formula is C15H23ClN2. The van der Waals surface area contributed by atoms with Gasteiger partial charge >= 0.3 is 0 Å². The lowest BCUT2D eigenvalue weighted by Crippen LogP contribution is -2.46. The standard InChI is InChI=1S/C15H23ClN2/c1-12-11-13(16)5-6-14(12)18-9-4-8-17-15(2,3)7-10-18/h5-6,11,17H,4,7-10H2,1-3H3. The molecule has 1 saturated heterocycles. The first-order chi connectivity index (χ1) is 8.48. The summed E-state index contributed by atoms with van der Waals surface area (Å²) in [5.41, 5.74) is 2.84. The average Bonchev–Trinajstić information content (AvgIpc) is 2.27. The molecule has 1 aromatic carbocycles. The zero-order chi connectivity index (χ0) is 13.2. The number of rotatable bonds is 1. The quantitative estimate of drug-likeness (QED) is 0.835. The van der Waals surface area contributed by atoms with Crippen molar-refractivity contribution < 1.29 is 0 Å². The number of aryl methyl sites for hydroxylation is 1. The third-order valence-corrected chi connectivity index (χ3v) is 3.95. The van der Waals surface area contributed by atoms with Crippen molar-refractivity contribution in [1.29, 1.82) is 0 Å². The van der Waals surface area contributed by atoms with Gasteiger partial charge in [-0.05, 0) is 63.9 Å². The van der Waals surface area contributed by atoms with Gasteiger partial charge < -0.3 is 10.2 Å². The molecule has 3 heteroatoms. The maximum Gasteiger partial charge on any atom is 0.0410 e.